The van der Waals surface area contributed by atoms with Gasteiger partial charge in [0.25, 0.3) is 0 Å². The number of aromatic hydroxyl groups is 1. The number of hydrogen-bond acceptors (Lipinski definition) is 6. The van der Waals surface area contributed by atoms with Gasteiger partial charge in [-0.15, -0.1) is 0 Å². The first-order valence-electron chi connectivity index (χ1n) is 6.89. The first-order valence-corrected chi connectivity index (χ1v) is 6.89. The molecule has 0 amide bonds. The minimum Gasteiger partial charge on any atom is -0.506 e. The van der Waals surface area contributed by atoms with E-state index in [2.05, 4.69) is 4.98 Å². The molecule has 0 radical (unpaired) electrons. The number of anilines is 1. The number of aromatic nitrogens is 1. The minimum absolute atomic E-state index is 0.0277. The van der Waals surface area contributed by atoms with E-state index in [1.807, 2.05) is 0 Å². The number of phenolic OH excluding ortho intramolecular Hbond substituents is 1. The lowest BCUT2D eigenvalue weighted by atomic mass is 10.2. The van der Waals surface area contributed by atoms with E-state index in [1.54, 1.807) is 50.7 Å². The van der Waals surface area contributed by atoms with E-state index >= 15 is 0 Å². The Hall–Kier alpha value is -3.15. The molecule has 0 bridgehead atoms. The highest BCUT2D eigenvalue weighted by atomic mass is 16.5. The lowest BCUT2D eigenvalue weighted by Crippen LogP contribution is -1.93. The summed E-state index contributed by atoms with van der Waals surface area (Å²) in [4.78, 5) is 4.31. The summed E-state index contributed by atoms with van der Waals surface area (Å²) in [5.41, 5.74) is 6.60. The van der Waals surface area contributed by atoms with Gasteiger partial charge >= 0.3 is 0 Å². The van der Waals surface area contributed by atoms with E-state index in [0.29, 0.717) is 34.2 Å². The van der Waals surface area contributed by atoms with Crippen molar-refractivity contribution >= 4 is 16.6 Å². The molecule has 0 spiro atoms. The highest BCUT2D eigenvalue weighted by Crippen LogP contribution is 2.37. The molecule has 118 valence electrons. The molecule has 0 unspecified atom stereocenters. The summed E-state index contributed by atoms with van der Waals surface area (Å²) in [6.07, 6.45) is 1.64. The molecule has 1 aromatic heterocycles. The van der Waals surface area contributed by atoms with E-state index in [4.69, 9.17) is 19.9 Å². The van der Waals surface area contributed by atoms with Gasteiger partial charge in [0.1, 0.15) is 17.2 Å². The number of nitrogen functional groups attached to an aromatic ring is 1. The second kappa shape index (κ2) is 5.92. The normalized spacial score (nSPS) is 10.5. The predicted molar refractivity (Wildman–Crippen MR) is 87.4 cm³/mol. The zero-order chi connectivity index (χ0) is 16.4. The molecular weight excluding hydrogens is 296 g/mol. The Kier molecular flexibility index (Phi) is 3.80. The van der Waals surface area contributed by atoms with Crippen molar-refractivity contribution in [1.82, 2.24) is 4.98 Å². The van der Waals surface area contributed by atoms with Gasteiger partial charge in [-0.2, -0.15) is 0 Å². The molecule has 2 aromatic carbocycles. The molecule has 0 aliphatic rings. The molecule has 3 rings (SSSR count). The topological polar surface area (TPSA) is 86.8 Å². The Morgan fingerprint density at radius 3 is 2.39 bits per heavy atom. The molecule has 6 heteroatoms. The van der Waals surface area contributed by atoms with Crippen LogP contribution in [0.3, 0.4) is 0 Å². The second-order valence-electron chi connectivity index (χ2n) is 4.86. The molecule has 6 nitrogen and oxygen atoms in total. The standard InChI is InChI=1S/C17H16N2O4/c1-21-16-8-11-13(9-17(16)22-2)19-6-5-15(11)23-10-3-4-12(18)14(20)7-10/h3-9,20H,18H2,1-2H3. The maximum Gasteiger partial charge on any atom is 0.162 e. The molecule has 0 fully saturated rings. The molecule has 23 heavy (non-hydrogen) atoms. The van der Waals surface area contributed by atoms with Crippen molar-refractivity contribution in [3.05, 3.63) is 42.6 Å². The zero-order valence-corrected chi connectivity index (χ0v) is 12.7. The van der Waals surface area contributed by atoms with Gasteiger partial charge < -0.3 is 25.1 Å². The third-order valence-electron chi connectivity index (χ3n) is 3.44. The Balaban J connectivity index is 2.08. The third kappa shape index (κ3) is 2.78. The van der Waals surface area contributed by atoms with Crippen LogP contribution in [0.1, 0.15) is 0 Å². The Morgan fingerprint density at radius 2 is 1.70 bits per heavy atom. The lowest BCUT2D eigenvalue weighted by Gasteiger charge is -2.12. The fourth-order valence-electron chi connectivity index (χ4n) is 2.25. The maximum atomic E-state index is 9.69. The average Bonchev–Trinajstić information content (AvgIpc) is 2.57. The first-order chi connectivity index (χ1) is 11.1. The monoisotopic (exact) mass is 312 g/mol. The number of benzene rings is 2. The van der Waals surface area contributed by atoms with E-state index < -0.39 is 0 Å². The molecule has 0 saturated heterocycles. The highest BCUT2D eigenvalue weighted by Gasteiger charge is 2.11. The molecule has 1 heterocycles. The van der Waals surface area contributed by atoms with Crippen molar-refractivity contribution in [1.29, 1.82) is 0 Å². The summed E-state index contributed by atoms with van der Waals surface area (Å²) in [6.45, 7) is 0. The summed E-state index contributed by atoms with van der Waals surface area (Å²) in [6, 6.07) is 10.0. The van der Waals surface area contributed by atoms with Crippen molar-refractivity contribution < 1.29 is 19.3 Å². The molecule has 0 atom stereocenters. The summed E-state index contributed by atoms with van der Waals surface area (Å²) in [5, 5.41) is 10.5. The van der Waals surface area contributed by atoms with Gasteiger partial charge in [-0.1, -0.05) is 0 Å². The second-order valence-corrected chi connectivity index (χ2v) is 4.86. The molecular formula is C17H16N2O4. The SMILES string of the molecule is COc1cc2nccc(Oc3ccc(N)c(O)c3)c2cc1OC. The van der Waals surface area contributed by atoms with Gasteiger partial charge in [0.2, 0.25) is 0 Å². The van der Waals surface area contributed by atoms with E-state index in [1.165, 1.54) is 6.07 Å². The third-order valence-corrected chi connectivity index (χ3v) is 3.44. The Labute approximate surface area is 133 Å². The zero-order valence-electron chi connectivity index (χ0n) is 12.7. The van der Waals surface area contributed by atoms with Crippen LogP contribution in [0.15, 0.2) is 42.6 Å². The molecule has 0 aliphatic carbocycles. The number of methoxy groups -OCH3 is 2. The minimum atomic E-state index is -0.0277. The molecule has 3 N–H and O–H groups in total. The van der Waals surface area contributed by atoms with Gasteiger partial charge in [0, 0.05) is 23.7 Å². The van der Waals surface area contributed by atoms with Crippen LogP contribution in [0.4, 0.5) is 5.69 Å². The number of nitrogens with two attached hydrogens (primary N) is 1. The number of pyridine rings is 1. The summed E-state index contributed by atoms with van der Waals surface area (Å²) in [7, 11) is 3.14. The van der Waals surface area contributed by atoms with E-state index in [0.717, 1.165) is 5.39 Å². The number of hydrogen-bond donors (Lipinski definition) is 2. The molecule has 0 saturated carbocycles. The quantitative estimate of drug-likeness (QED) is 0.567. The highest BCUT2D eigenvalue weighted by molar-refractivity contribution is 5.88. The van der Waals surface area contributed by atoms with Crippen LogP contribution in [-0.2, 0) is 0 Å². The van der Waals surface area contributed by atoms with Gasteiger partial charge in [-0.3, -0.25) is 4.98 Å². The number of rotatable bonds is 4. The van der Waals surface area contributed by atoms with Crippen molar-refractivity contribution in [3.63, 3.8) is 0 Å². The largest absolute Gasteiger partial charge is 0.506 e. The number of nitrogens with zero attached hydrogens (tertiary/aromatic N) is 1. The number of fused-ring (bicyclic) bond motifs is 1. The summed E-state index contributed by atoms with van der Waals surface area (Å²) in [5.74, 6) is 2.20. The summed E-state index contributed by atoms with van der Waals surface area (Å²) < 4.78 is 16.4. The number of phenols is 1. The average molecular weight is 312 g/mol. The Bertz CT molecular complexity index is 865. The van der Waals surface area contributed by atoms with Crippen LogP contribution in [0.25, 0.3) is 10.9 Å². The van der Waals surface area contributed by atoms with Crippen LogP contribution in [0.2, 0.25) is 0 Å². The fourth-order valence-corrected chi connectivity index (χ4v) is 2.25. The smallest absolute Gasteiger partial charge is 0.162 e. The van der Waals surface area contributed by atoms with Gasteiger partial charge in [-0.05, 0) is 24.3 Å². The fraction of sp³-hybridized carbons (Fsp3) is 0.118. The van der Waals surface area contributed by atoms with Crippen molar-refractivity contribution in [2.24, 2.45) is 0 Å². The molecule has 3 aromatic rings. The summed E-state index contributed by atoms with van der Waals surface area (Å²) >= 11 is 0. The van der Waals surface area contributed by atoms with Crippen LogP contribution in [0, 0.1) is 0 Å². The molecule has 0 aliphatic heterocycles. The number of ether oxygens (including phenoxy) is 3. The van der Waals surface area contributed by atoms with Crippen molar-refractivity contribution in [2.45, 2.75) is 0 Å². The maximum absolute atomic E-state index is 9.69. The lowest BCUT2D eigenvalue weighted by molar-refractivity contribution is 0.355. The van der Waals surface area contributed by atoms with Gasteiger partial charge in [-0.25, -0.2) is 0 Å². The van der Waals surface area contributed by atoms with Crippen molar-refractivity contribution in [2.75, 3.05) is 20.0 Å². The van der Waals surface area contributed by atoms with Gasteiger partial charge in [0.15, 0.2) is 11.5 Å². The van der Waals surface area contributed by atoms with E-state index in [9.17, 15) is 5.11 Å². The van der Waals surface area contributed by atoms with E-state index in [-0.39, 0.29) is 5.75 Å². The van der Waals surface area contributed by atoms with Crippen LogP contribution >= 0.6 is 0 Å². The van der Waals surface area contributed by atoms with Crippen LogP contribution in [0.5, 0.6) is 28.7 Å². The first kappa shape index (κ1) is 14.8. The predicted octanol–water partition coefficient (Wildman–Crippen LogP) is 3.33. The van der Waals surface area contributed by atoms with Crippen LogP contribution in [-0.4, -0.2) is 24.3 Å². The van der Waals surface area contributed by atoms with Crippen molar-refractivity contribution in [3.8, 4) is 28.7 Å². The van der Waals surface area contributed by atoms with Gasteiger partial charge in [0.05, 0.1) is 25.4 Å². The Morgan fingerprint density at radius 1 is 0.957 bits per heavy atom. The van der Waals surface area contributed by atoms with Crippen LogP contribution < -0.4 is 19.9 Å².